The summed E-state index contributed by atoms with van der Waals surface area (Å²) in [5.41, 5.74) is 3.05. The van der Waals surface area contributed by atoms with E-state index in [1.807, 2.05) is 43.9 Å². The molecule has 5 heteroatoms. The van der Waals surface area contributed by atoms with Gasteiger partial charge in [-0.2, -0.15) is 0 Å². The molecule has 1 aliphatic heterocycles. The third kappa shape index (κ3) is 3.44. The Morgan fingerprint density at radius 1 is 1.04 bits per heavy atom. The minimum atomic E-state index is -0.478. The van der Waals surface area contributed by atoms with Gasteiger partial charge in [-0.1, -0.05) is 6.08 Å². The molecule has 5 nitrogen and oxygen atoms in total. The minimum absolute atomic E-state index is 0.0971. The van der Waals surface area contributed by atoms with E-state index in [-0.39, 0.29) is 5.91 Å². The number of nitrogens with zero attached hydrogens (tertiary/aromatic N) is 1. The lowest BCUT2D eigenvalue weighted by Gasteiger charge is -2.41. The molecule has 0 bridgehead atoms. The van der Waals surface area contributed by atoms with Gasteiger partial charge in [0.2, 0.25) is 0 Å². The van der Waals surface area contributed by atoms with Crippen molar-refractivity contribution >= 4 is 17.2 Å². The first-order valence-corrected chi connectivity index (χ1v) is 9.35. The van der Waals surface area contributed by atoms with Crippen LogP contribution in [0.5, 0.6) is 17.2 Å². The average Bonchev–Trinajstić information content (AvgIpc) is 2.67. The molecule has 148 valence electrons. The highest BCUT2D eigenvalue weighted by Gasteiger charge is 2.36. The summed E-state index contributed by atoms with van der Waals surface area (Å²) in [5.74, 6) is 1.82. The molecule has 2 aromatic carbocycles. The molecule has 0 aliphatic carbocycles. The van der Waals surface area contributed by atoms with Crippen LogP contribution in [0, 0.1) is 0 Å². The van der Waals surface area contributed by atoms with Gasteiger partial charge in [0.1, 0.15) is 5.75 Å². The maximum Gasteiger partial charge on any atom is 0.259 e. The number of carbonyl (C=O) groups is 1. The highest BCUT2D eigenvalue weighted by molar-refractivity contribution is 6.10. The van der Waals surface area contributed by atoms with Crippen molar-refractivity contribution in [1.82, 2.24) is 0 Å². The molecule has 0 saturated heterocycles. The van der Waals surface area contributed by atoms with E-state index in [9.17, 15) is 4.79 Å². The normalized spacial score (nSPS) is 14.8. The van der Waals surface area contributed by atoms with Gasteiger partial charge >= 0.3 is 0 Å². The molecule has 0 aromatic heterocycles. The predicted molar refractivity (Wildman–Crippen MR) is 112 cm³/mol. The highest BCUT2D eigenvalue weighted by Crippen LogP contribution is 2.41. The number of methoxy groups -OCH3 is 2. The summed E-state index contributed by atoms with van der Waals surface area (Å²) in [4.78, 5) is 15.4. The van der Waals surface area contributed by atoms with E-state index in [4.69, 9.17) is 14.2 Å². The Morgan fingerprint density at radius 3 is 2.39 bits per heavy atom. The maximum atomic E-state index is 13.5. The molecular formula is C23H27NO4. The maximum absolute atomic E-state index is 13.5. The number of allylic oxidation sites excluding steroid dienone is 1. The van der Waals surface area contributed by atoms with E-state index in [0.717, 1.165) is 22.6 Å². The van der Waals surface area contributed by atoms with Crippen molar-refractivity contribution in [3.63, 3.8) is 0 Å². The molecule has 28 heavy (non-hydrogen) atoms. The molecule has 1 aliphatic rings. The van der Waals surface area contributed by atoms with Gasteiger partial charge < -0.3 is 14.2 Å². The molecule has 0 atom stereocenters. The highest BCUT2D eigenvalue weighted by atomic mass is 16.5. The van der Waals surface area contributed by atoms with Crippen molar-refractivity contribution < 1.29 is 19.0 Å². The van der Waals surface area contributed by atoms with Gasteiger partial charge in [-0.15, -0.1) is 0 Å². The fourth-order valence-electron chi connectivity index (χ4n) is 3.73. The van der Waals surface area contributed by atoms with Crippen LogP contribution >= 0.6 is 0 Å². The van der Waals surface area contributed by atoms with Crippen molar-refractivity contribution in [2.24, 2.45) is 0 Å². The predicted octanol–water partition coefficient (Wildman–Crippen LogP) is 4.94. The van der Waals surface area contributed by atoms with E-state index in [0.29, 0.717) is 23.7 Å². The number of benzene rings is 2. The summed E-state index contributed by atoms with van der Waals surface area (Å²) < 4.78 is 16.3. The third-order valence-electron chi connectivity index (χ3n) is 4.92. The number of fused-ring (bicyclic) bond motifs is 1. The molecular weight excluding hydrogens is 354 g/mol. The Hall–Kier alpha value is -2.95. The van der Waals surface area contributed by atoms with Crippen molar-refractivity contribution in [1.29, 1.82) is 0 Å². The smallest absolute Gasteiger partial charge is 0.259 e. The summed E-state index contributed by atoms with van der Waals surface area (Å²) in [6.07, 6.45) is 2.11. The second kappa shape index (κ2) is 7.58. The summed E-state index contributed by atoms with van der Waals surface area (Å²) in [6.45, 7) is 8.69. The second-order valence-corrected chi connectivity index (χ2v) is 7.30. The molecule has 0 unspecified atom stereocenters. The lowest BCUT2D eigenvalue weighted by molar-refractivity contribution is 0.0969. The van der Waals surface area contributed by atoms with Gasteiger partial charge in [0.15, 0.2) is 11.5 Å². The lowest BCUT2D eigenvalue weighted by Crippen LogP contribution is -2.49. The number of hydrogen-bond donors (Lipinski definition) is 0. The van der Waals surface area contributed by atoms with E-state index in [2.05, 4.69) is 13.0 Å². The fraction of sp³-hybridized carbons (Fsp3) is 0.348. The number of carbonyl (C=O) groups excluding carboxylic acids is 1. The number of rotatable bonds is 5. The van der Waals surface area contributed by atoms with Gasteiger partial charge in [-0.3, -0.25) is 9.69 Å². The van der Waals surface area contributed by atoms with E-state index in [1.165, 1.54) is 0 Å². The number of ether oxygens (including phenoxy) is 3. The molecule has 0 N–H and O–H groups in total. The van der Waals surface area contributed by atoms with Gasteiger partial charge in [0.25, 0.3) is 5.91 Å². The molecule has 1 heterocycles. The zero-order chi connectivity index (χ0) is 20.5. The van der Waals surface area contributed by atoms with Gasteiger partial charge in [-0.25, -0.2) is 0 Å². The first-order valence-electron chi connectivity index (χ1n) is 9.35. The lowest BCUT2D eigenvalue weighted by atomic mass is 9.88. The van der Waals surface area contributed by atoms with Gasteiger partial charge in [0.05, 0.1) is 32.1 Å². The van der Waals surface area contributed by atoms with Crippen LogP contribution in [0.25, 0.3) is 5.57 Å². The third-order valence-corrected chi connectivity index (χ3v) is 4.92. The quantitative estimate of drug-likeness (QED) is 0.736. The number of amides is 1. The van der Waals surface area contributed by atoms with Crippen LogP contribution in [0.15, 0.2) is 42.5 Å². The topological polar surface area (TPSA) is 48.0 Å². The van der Waals surface area contributed by atoms with Crippen molar-refractivity contribution in [3.05, 3.63) is 53.6 Å². The Morgan fingerprint density at radius 2 is 1.75 bits per heavy atom. The second-order valence-electron chi connectivity index (χ2n) is 7.30. The van der Waals surface area contributed by atoms with Crippen LogP contribution in [-0.2, 0) is 0 Å². The van der Waals surface area contributed by atoms with Crippen LogP contribution in [0.3, 0.4) is 0 Å². The SMILES string of the molecule is CCOc1ccc2c(c1)C(C)=CC(C)(C)N2C(=O)c1ccc(OC)c(OC)c1. The van der Waals surface area contributed by atoms with Crippen molar-refractivity contribution in [3.8, 4) is 17.2 Å². The first-order chi connectivity index (χ1) is 13.3. The minimum Gasteiger partial charge on any atom is -0.494 e. The Labute approximate surface area is 166 Å². The van der Waals surface area contributed by atoms with Crippen LogP contribution < -0.4 is 19.1 Å². The van der Waals surface area contributed by atoms with E-state index >= 15 is 0 Å². The summed E-state index contributed by atoms with van der Waals surface area (Å²) >= 11 is 0. The molecule has 0 fully saturated rings. The first kappa shape index (κ1) is 19.8. The molecule has 1 amide bonds. The summed E-state index contributed by atoms with van der Waals surface area (Å²) in [7, 11) is 3.14. The van der Waals surface area contributed by atoms with Crippen LogP contribution in [-0.4, -0.2) is 32.3 Å². The summed E-state index contributed by atoms with van der Waals surface area (Å²) in [5, 5.41) is 0. The van der Waals surface area contributed by atoms with Crippen LogP contribution in [0.1, 0.15) is 43.6 Å². The van der Waals surface area contributed by atoms with Crippen LogP contribution in [0.2, 0.25) is 0 Å². The molecule has 0 radical (unpaired) electrons. The fourth-order valence-corrected chi connectivity index (χ4v) is 3.73. The Kier molecular flexibility index (Phi) is 5.36. The molecule has 2 aromatic rings. The van der Waals surface area contributed by atoms with Gasteiger partial charge in [-0.05, 0) is 69.7 Å². The average molecular weight is 381 g/mol. The Bertz CT molecular complexity index is 930. The number of anilines is 1. The van der Waals surface area contributed by atoms with Crippen LogP contribution in [0.4, 0.5) is 5.69 Å². The summed E-state index contributed by atoms with van der Waals surface area (Å²) in [6, 6.07) is 11.1. The zero-order valence-corrected chi connectivity index (χ0v) is 17.3. The zero-order valence-electron chi connectivity index (χ0n) is 17.3. The van der Waals surface area contributed by atoms with E-state index < -0.39 is 5.54 Å². The molecule has 3 rings (SSSR count). The van der Waals surface area contributed by atoms with Gasteiger partial charge in [0, 0.05) is 11.1 Å². The van der Waals surface area contributed by atoms with E-state index in [1.54, 1.807) is 32.4 Å². The van der Waals surface area contributed by atoms with Crippen molar-refractivity contribution in [2.45, 2.75) is 33.2 Å². The van der Waals surface area contributed by atoms with Crippen molar-refractivity contribution in [2.75, 3.05) is 25.7 Å². The standard InChI is InChI=1S/C23H27NO4/c1-7-28-17-9-10-19-18(13-17)15(2)14-23(3,4)24(19)22(25)16-8-11-20(26-5)21(12-16)27-6/h8-14H,7H2,1-6H3. The molecule has 0 saturated carbocycles. The molecule has 0 spiro atoms. The monoisotopic (exact) mass is 381 g/mol. The number of hydrogen-bond acceptors (Lipinski definition) is 4. The largest absolute Gasteiger partial charge is 0.494 e. The Balaban J connectivity index is 2.09.